The summed E-state index contributed by atoms with van der Waals surface area (Å²) in [5.74, 6) is -0.218. The number of benzene rings is 2. The Kier molecular flexibility index (Phi) is 7.79. The van der Waals surface area contributed by atoms with Gasteiger partial charge in [-0.1, -0.05) is 60.1 Å². The third-order valence-corrected chi connectivity index (χ3v) is 10.6. The molecule has 2 fully saturated rings. The third kappa shape index (κ3) is 5.38. The van der Waals surface area contributed by atoms with Crippen LogP contribution in [0.25, 0.3) is 0 Å². The van der Waals surface area contributed by atoms with Crippen molar-refractivity contribution in [3.63, 3.8) is 0 Å². The van der Waals surface area contributed by atoms with Gasteiger partial charge in [0.2, 0.25) is 5.91 Å². The zero-order chi connectivity index (χ0) is 25.1. The SMILES string of the molecule is O=C([C@@H]1CCCN(S(=O)(=O)c2cccs2)C1)N1CCN([C@H](c2ccccc2)c2ccc(Cl)cc2)CC1. The number of piperidine rings is 1. The van der Waals surface area contributed by atoms with Crippen molar-refractivity contribution in [3.8, 4) is 0 Å². The van der Waals surface area contributed by atoms with E-state index in [0.717, 1.165) is 19.5 Å². The quantitative estimate of drug-likeness (QED) is 0.451. The van der Waals surface area contributed by atoms with Crippen LogP contribution in [0.5, 0.6) is 0 Å². The largest absolute Gasteiger partial charge is 0.340 e. The molecule has 3 aromatic rings. The molecule has 0 spiro atoms. The third-order valence-electron chi connectivity index (χ3n) is 7.11. The van der Waals surface area contributed by atoms with Crippen LogP contribution in [0, 0.1) is 5.92 Å². The van der Waals surface area contributed by atoms with Gasteiger partial charge in [0.1, 0.15) is 4.21 Å². The highest BCUT2D eigenvalue weighted by molar-refractivity contribution is 7.91. The molecule has 9 heteroatoms. The van der Waals surface area contributed by atoms with Crippen LogP contribution >= 0.6 is 22.9 Å². The first kappa shape index (κ1) is 25.4. The van der Waals surface area contributed by atoms with Gasteiger partial charge in [-0.3, -0.25) is 9.69 Å². The molecule has 2 atom stereocenters. The summed E-state index contributed by atoms with van der Waals surface area (Å²) in [6.07, 6.45) is 1.43. The smallest absolute Gasteiger partial charge is 0.252 e. The minimum absolute atomic E-state index is 0.0727. The predicted octanol–water partition coefficient (Wildman–Crippen LogP) is 4.74. The van der Waals surface area contributed by atoms with Gasteiger partial charge in [-0.15, -0.1) is 11.3 Å². The highest BCUT2D eigenvalue weighted by atomic mass is 35.5. The summed E-state index contributed by atoms with van der Waals surface area (Å²) in [7, 11) is -3.54. The molecule has 0 unspecified atom stereocenters. The molecule has 6 nitrogen and oxygen atoms in total. The first-order valence-electron chi connectivity index (χ1n) is 12.3. The summed E-state index contributed by atoms with van der Waals surface area (Å²) in [5, 5.41) is 2.48. The summed E-state index contributed by atoms with van der Waals surface area (Å²) in [4.78, 5) is 17.8. The van der Waals surface area contributed by atoms with Gasteiger partial charge in [0, 0.05) is 44.3 Å². The molecule has 2 aromatic carbocycles. The summed E-state index contributed by atoms with van der Waals surface area (Å²) >= 11 is 7.37. The lowest BCUT2D eigenvalue weighted by Crippen LogP contribution is -2.53. The number of hydrogen-bond acceptors (Lipinski definition) is 5. The van der Waals surface area contributed by atoms with Gasteiger partial charge in [0.25, 0.3) is 10.0 Å². The molecule has 2 aliphatic rings. The maximum atomic E-state index is 13.4. The van der Waals surface area contributed by atoms with Crippen molar-refractivity contribution < 1.29 is 13.2 Å². The number of amides is 1. The number of rotatable bonds is 6. The molecular formula is C27H30ClN3O3S2. The molecule has 0 aliphatic carbocycles. The Hall–Kier alpha value is -2.23. The first-order chi connectivity index (χ1) is 17.4. The van der Waals surface area contributed by atoms with Crippen LogP contribution in [-0.4, -0.2) is 67.7 Å². The second-order valence-electron chi connectivity index (χ2n) is 9.36. The Morgan fingerprint density at radius 3 is 2.25 bits per heavy atom. The van der Waals surface area contributed by atoms with Gasteiger partial charge in [-0.2, -0.15) is 4.31 Å². The Balaban J connectivity index is 1.26. The number of halogens is 1. The van der Waals surface area contributed by atoms with Crippen LogP contribution < -0.4 is 0 Å². The second kappa shape index (κ2) is 11.0. The summed E-state index contributed by atoms with van der Waals surface area (Å²) in [6.45, 7) is 3.48. The lowest BCUT2D eigenvalue weighted by atomic mass is 9.95. The minimum Gasteiger partial charge on any atom is -0.340 e. The topological polar surface area (TPSA) is 60.9 Å². The summed E-state index contributed by atoms with van der Waals surface area (Å²) < 4.78 is 27.8. The van der Waals surface area contributed by atoms with Crippen LogP contribution in [0.3, 0.4) is 0 Å². The van der Waals surface area contributed by atoms with Crippen LogP contribution in [0.1, 0.15) is 30.0 Å². The molecule has 2 aliphatic heterocycles. The van der Waals surface area contributed by atoms with E-state index in [1.54, 1.807) is 17.5 Å². The van der Waals surface area contributed by atoms with Crippen molar-refractivity contribution in [3.05, 3.63) is 88.3 Å². The predicted molar refractivity (Wildman–Crippen MR) is 144 cm³/mol. The van der Waals surface area contributed by atoms with E-state index in [1.807, 2.05) is 23.1 Å². The van der Waals surface area contributed by atoms with Crippen molar-refractivity contribution in [1.82, 2.24) is 14.1 Å². The van der Waals surface area contributed by atoms with Crippen molar-refractivity contribution in [2.75, 3.05) is 39.3 Å². The molecular weight excluding hydrogens is 514 g/mol. The number of hydrogen-bond donors (Lipinski definition) is 0. The van der Waals surface area contributed by atoms with Crippen LogP contribution in [0.15, 0.2) is 76.3 Å². The van der Waals surface area contributed by atoms with Gasteiger partial charge in [0.05, 0.1) is 12.0 Å². The molecule has 2 saturated heterocycles. The molecule has 3 heterocycles. The molecule has 0 radical (unpaired) electrons. The molecule has 190 valence electrons. The average molecular weight is 544 g/mol. The van der Waals surface area contributed by atoms with Crippen LogP contribution in [-0.2, 0) is 14.8 Å². The number of piperazine rings is 1. The molecule has 1 aromatic heterocycles. The fraction of sp³-hybridized carbons (Fsp3) is 0.370. The Morgan fingerprint density at radius 2 is 1.58 bits per heavy atom. The fourth-order valence-electron chi connectivity index (χ4n) is 5.25. The average Bonchev–Trinajstić information content (AvgIpc) is 3.47. The molecule has 1 amide bonds. The first-order valence-corrected chi connectivity index (χ1v) is 15.0. The van der Waals surface area contributed by atoms with E-state index in [2.05, 4.69) is 41.3 Å². The highest BCUT2D eigenvalue weighted by Crippen LogP contribution is 2.32. The van der Waals surface area contributed by atoms with Crippen molar-refractivity contribution in [2.45, 2.75) is 23.1 Å². The van der Waals surface area contributed by atoms with Crippen molar-refractivity contribution in [1.29, 1.82) is 0 Å². The molecule has 0 bridgehead atoms. The number of nitrogens with zero attached hydrogens (tertiary/aromatic N) is 3. The Bertz CT molecular complexity index is 1260. The zero-order valence-corrected chi connectivity index (χ0v) is 22.4. The highest BCUT2D eigenvalue weighted by Gasteiger charge is 2.37. The lowest BCUT2D eigenvalue weighted by Gasteiger charge is -2.41. The molecule has 36 heavy (non-hydrogen) atoms. The van der Waals surface area contributed by atoms with Gasteiger partial charge < -0.3 is 4.90 Å². The molecule has 0 saturated carbocycles. The minimum atomic E-state index is -3.54. The van der Waals surface area contributed by atoms with Gasteiger partial charge in [-0.05, 0) is 47.5 Å². The standard InChI is InChI=1S/C27H30ClN3O3S2/c28-24-12-10-22(11-13-24)26(21-6-2-1-3-7-21)29-15-17-30(18-16-29)27(32)23-8-4-14-31(20-23)36(33,34)25-9-5-19-35-25/h1-3,5-7,9-13,19,23,26H,4,8,14-18,20H2/t23-,26-/m1/s1. The zero-order valence-electron chi connectivity index (χ0n) is 20.0. The van der Waals surface area contributed by atoms with Crippen molar-refractivity contribution in [2.24, 2.45) is 5.92 Å². The number of carbonyl (C=O) groups excluding carboxylic acids is 1. The number of carbonyl (C=O) groups is 1. The van der Waals surface area contributed by atoms with Crippen LogP contribution in [0.2, 0.25) is 5.02 Å². The monoisotopic (exact) mass is 543 g/mol. The lowest BCUT2D eigenvalue weighted by molar-refractivity contribution is -0.138. The van der Waals surface area contributed by atoms with Crippen LogP contribution in [0.4, 0.5) is 0 Å². The van der Waals surface area contributed by atoms with Crippen molar-refractivity contribution >= 4 is 38.9 Å². The summed E-state index contributed by atoms with van der Waals surface area (Å²) in [5.41, 5.74) is 2.38. The van der Waals surface area contributed by atoms with E-state index in [0.29, 0.717) is 35.3 Å². The fourth-order valence-corrected chi connectivity index (χ4v) is 8.05. The number of thiophene rings is 1. The van der Waals surface area contributed by atoms with E-state index in [-0.39, 0.29) is 24.4 Å². The Morgan fingerprint density at radius 1 is 0.889 bits per heavy atom. The normalized spacial score (nSPS) is 20.8. The van der Waals surface area contributed by atoms with E-state index in [1.165, 1.54) is 26.8 Å². The van der Waals surface area contributed by atoms with Gasteiger partial charge in [0.15, 0.2) is 0 Å². The van der Waals surface area contributed by atoms with E-state index < -0.39 is 10.0 Å². The molecule has 5 rings (SSSR count). The van der Waals surface area contributed by atoms with E-state index in [9.17, 15) is 13.2 Å². The van der Waals surface area contributed by atoms with Gasteiger partial charge in [-0.25, -0.2) is 8.42 Å². The van der Waals surface area contributed by atoms with Gasteiger partial charge >= 0.3 is 0 Å². The van der Waals surface area contributed by atoms with E-state index >= 15 is 0 Å². The number of sulfonamides is 1. The maximum absolute atomic E-state index is 13.4. The second-order valence-corrected chi connectivity index (χ2v) is 12.9. The summed E-state index contributed by atoms with van der Waals surface area (Å²) in [6, 6.07) is 21.9. The maximum Gasteiger partial charge on any atom is 0.252 e. The molecule has 0 N–H and O–H groups in total. The Labute approximate surface area is 222 Å². The van der Waals surface area contributed by atoms with E-state index in [4.69, 9.17) is 11.6 Å².